The van der Waals surface area contributed by atoms with Gasteiger partial charge >= 0.3 is 5.97 Å². The van der Waals surface area contributed by atoms with Crippen molar-refractivity contribution in [2.45, 2.75) is 45.6 Å². The van der Waals surface area contributed by atoms with Gasteiger partial charge < -0.3 is 10.4 Å². The van der Waals surface area contributed by atoms with Gasteiger partial charge in [-0.3, -0.25) is 9.59 Å². The topological polar surface area (TPSA) is 66.4 Å². The first kappa shape index (κ1) is 14.6. The zero-order valence-corrected chi connectivity index (χ0v) is 12.8. The number of carbonyl (C=O) groups is 2. The Morgan fingerprint density at radius 3 is 2.43 bits per heavy atom. The van der Waals surface area contributed by atoms with E-state index in [1.807, 2.05) is 12.2 Å². The highest BCUT2D eigenvalue weighted by atomic mass is 16.4. The van der Waals surface area contributed by atoms with Gasteiger partial charge in [0.2, 0.25) is 5.91 Å². The lowest BCUT2D eigenvalue weighted by molar-refractivity contribution is -0.148. The largest absolute Gasteiger partial charge is 0.481 e. The Morgan fingerprint density at radius 1 is 1.10 bits per heavy atom. The van der Waals surface area contributed by atoms with E-state index in [9.17, 15) is 14.7 Å². The van der Waals surface area contributed by atoms with E-state index in [1.54, 1.807) is 0 Å². The van der Waals surface area contributed by atoms with Crippen LogP contribution in [0.4, 0.5) is 0 Å². The number of aliphatic carboxylic acids is 1. The second-order valence-corrected chi connectivity index (χ2v) is 7.22. The van der Waals surface area contributed by atoms with Crippen LogP contribution in [0.25, 0.3) is 0 Å². The van der Waals surface area contributed by atoms with Gasteiger partial charge in [-0.15, -0.1) is 0 Å². The molecular formula is C17H25NO3. The number of rotatable bonds is 3. The highest BCUT2D eigenvalue weighted by molar-refractivity contribution is 5.87. The number of carboxylic acid groups (broad SMARTS) is 1. The van der Waals surface area contributed by atoms with E-state index in [2.05, 4.69) is 19.2 Å². The summed E-state index contributed by atoms with van der Waals surface area (Å²) in [6, 6.07) is 0.207. The van der Waals surface area contributed by atoms with Gasteiger partial charge in [0.05, 0.1) is 11.8 Å². The number of hydrogen-bond donors (Lipinski definition) is 2. The highest BCUT2D eigenvalue weighted by Crippen LogP contribution is 2.48. The summed E-state index contributed by atoms with van der Waals surface area (Å²) in [5.74, 6) is -0.502. The lowest BCUT2D eigenvalue weighted by atomic mass is 9.77. The van der Waals surface area contributed by atoms with Gasteiger partial charge in [-0.05, 0) is 36.5 Å². The number of carboxylic acids is 1. The number of hydrogen-bond acceptors (Lipinski definition) is 2. The first-order chi connectivity index (χ1) is 9.99. The van der Waals surface area contributed by atoms with Gasteiger partial charge in [0.1, 0.15) is 0 Å². The van der Waals surface area contributed by atoms with E-state index in [1.165, 1.54) is 6.42 Å². The van der Waals surface area contributed by atoms with Gasteiger partial charge in [-0.2, -0.15) is 0 Å². The maximum Gasteiger partial charge on any atom is 0.307 e. The molecule has 2 bridgehead atoms. The lowest BCUT2D eigenvalue weighted by Crippen LogP contribution is -2.48. The molecule has 0 heterocycles. The van der Waals surface area contributed by atoms with Crippen molar-refractivity contribution in [3.8, 4) is 0 Å². The van der Waals surface area contributed by atoms with Crippen LogP contribution >= 0.6 is 0 Å². The van der Waals surface area contributed by atoms with Crippen LogP contribution in [0.3, 0.4) is 0 Å². The number of nitrogens with one attached hydrogen (secondary N) is 1. The van der Waals surface area contributed by atoms with Gasteiger partial charge in [0, 0.05) is 6.04 Å². The van der Waals surface area contributed by atoms with E-state index in [-0.39, 0.29) is 29.7 Å². The molecule has 0 aromatic heterocycles. The maximum absolute atomic E-state index is 12.7. The van der Waals surface area contributed by atoms with E-state index >= 15 is 0 Å². The Hall–Kier alpha value is -1.32. The summed E-state index contributed by atoms with van der Waals surface area (Å²) in [5.41, 5.74) is 0. The fraction of sp³-hybridized carbons (Fsp3) is 0.765. The summed E-state index contributed by atoms with van der Waals surface area (Å²) in [6.45, 7) is 4.44. The van der Waals surface area contributed by atoms with Crippen molar-refractivity contribution in [1.29, 1.82) is 0 Å². The second kappa shape index (κ2) is 5.47. The first-order valence-electron chi connectivity index (χ1n) is 8.20. The molecule has 7 atom stereocenters. The maximum atomic E-state index is 12.7. The minimum Gasteiger partial charge on any atom is -0.481 e. The zero-order valence-electron chi connectivity index (χ0n) is 12.8. The van der Waals surface area contributed by atoms with Gasteiger partial charge in [0.25, 0.3) is 0 Å². The molecule has 2 fully saturated rings. The average Bonchev–Trinajstić information content (AvgIpc) is 3.04. The fourth-order valence-electron chi connectivity index (χ4n) is 4.58. The summed E-state index contributed by atoms with van der Waals surface area (Å²) < 4.78 is 0. The molecule has 2 saturated carbocycles. The van der Waals surface area contributed by atoms with Crippen molar-refractivity contribution < 1.29 is 14.7 Å². The van der Waals surface area contributed by atoms with Crippen molar-refractivity contribution in [2.75, 3.05) is 0 Å². The second-order valence-electron chi connectivity index (χ2n) is 7.22. The first-order valence-corrected chi connectivity index (χ1v) is 8.20. The summed E-state index contributed by atoms with van der Waals surface area (Å²) in [4.78, 5) is 24.2. The molecule has 0 saturated heterocycles. The summed E-state index contributed by atoms with van der Waals surface area (Å²) in [6.07, 6.45) is 8.24. The molecule has 3 aliphatic carbocycles. The van der Waals surface area contributed by atoms with Crippen molar-refractivity contribution >= 4 is 11.9 Å². The molecule has 0 radical (unpaired) electrons. The molecule has 4 heteroatoms. The molecule has 0 unspecified atom stereocenters. The molecule has 21 heavy (non-hydrogen) atoms. The van der Waals surface area contributed by atoms with Crippen LogP contribution in [-0.4, -0.2) is 23.0 Å². The Labute approximate surface area is 126 Å². The van der Waals surface area contributed by atoms with Crippen molar-refractivity contribution in [2.24, 2.45) is 35.5 Å². The molecule has 4 nitrogen and oxygen atoms in total. The molecular weight excluding hydrogens is 266 g/mol. The molecule has 116 valence electrons. The Bertz CT molecular complexity index is 473. The lowest BCUT2D eigenvalue weighted by Gasteiger charge is -2.36. The Balaban J connectivity index is 1.70. The minimum absolute atomic E-state index is 0.0369. The monoisotopic (exact) mass is 291 g/mol. The highest BCUT2D eigenvalue weighted by Gasteiger charge is 2.52. The summed E-state index contributed by atoms with van der Waals surface area (Å²) in [7, 11) is 0. The van der Waals surface area contributed by atoms with E-state index in [0.29, 0.717) is 11.8 Å². The van der Waals surface area contributed by atoms with Crippen molar-refractivity contribution in [3.63, 3.8) is 0 Å². The molecule has 0 spiro atoms. The third-order valence-corrected chi connectivity index (χ3v) is 6.08. The van der Waals surface area contributed by atoms with Crippen LogP contribution in [-0.2, 0) is 9.59 Å². The molecule has 2 N–H and O–H groups in total. The number of allylic oxidation sites excluding steroid dienone is 2. The number of amides is 1. The Kier molecular flexibility index (Phi) is 3.80. The van der Waals surface area contributed by atoms with Crippen LogP contribution in [0.1, 0.15) is 39.5 Å². The predicted octanol–water partition coefficient (Wildman–Crippen LogP) is 2.45. The third kappa shape index (κ3) is 2.49. The predicted molar refractivity (Wildman–Crippen MR) is 79.5 cm³/mol. The zero-order chi connectivity index (χ0) is 15.1. The van der Waals surface area contributed by atoms with E-state index in [0.717, 1.165) is 19.3 Å². The van der Waals surface area contributed by atoms with Crippen LogP contribution in [0.2, 0.25) is 0 Å². The van der Waals surface area contributed by atoms with Crippen molar-refractivity contribution in [3.05, 3.63) is 12.2 Å². The van der Waals surface area contributed by atoms with Crippen LogP contribution in [0.15, 0.2) is 12.2 Å². The third-order valence-electron chi connectivity index (χ3n) is 6.08. The molecule has 0 aromatic carbocycles. The minimum atomic E-state index is -0.822. The van der Waals surface area contributed by atoms with Gasteiger partial charge in [-0.1, -0.05) is 38.8 Å². The normalized spacial score (nSPS) is 44.8. The molecule has 1 amide bonds. The molecule has 3 aliphatic rings. The van der Waals surface area contributed by atoms with Crippen molar-refractivity contribution in [1.82, 2.24) is 5.32 Å². The van der Waals surface area contributed by atoms with Crippen LogP contribution in [0.5, 0.6) is 0 Å². The quantitative estimate of drug-likeness (QED) is 0.785. The SMILES string of the molecule is C[C@@H]1[C@H](C)CCC[C@H]1NC(=O)[C@H]1[C@@H](C(=O)O)[C@H]2C=C[C@H]1C2. The summed E-state index contributed by atoms with van der Waals surface area (Å²) in [5, 5.41) is 12.6. The molecule has 3 rings (SSSR count). The Morgan fingerprint density at radius 2 is 1.76 bits per heavy atom. The van der Waals surface area contributed by atoms with Gasteiger partial charge in [-0.25, -0.2) is 0 Å². The van der Waals surface area contributed by atoms with Gasteiger partial charge in [0.15, 0.2) is 0 Å². The smallest absolute Gasteiger partial charge is 0.307 e. The molecule has 0 aromatic rings. The van der Waals surface area contributed by atoms with Crippen LogP contribution in [0, 0.1) is 35.5 Å². The van der Waals surface area contributed by atoms with Crippen LogP contribution < -0.4 is 5.32 Å². The number of carbonyl (C=O) groups excluding carboxylic acids is 1. The summed E-state index contributed by atoms with van der Waals surface area (Å²) >= 11 is 0. The molecule has 0 aliphatic heterocycles. The fourth-order valence-corrected chi connectivity index (χ4v) is 4.58. The van der Waals surface area contributed by atoms with E-state index < -0.39 is 11.9 Å². The average molecular weight is 291 g/mol. The standard InChI is InChI=1S/C17H25NO3/c1-9-4-3-5-13(10(9)2)18-16(19)14-11-6-7-12(8-11)15(14)17(20)21/h6-7,9-15H,3-5,8H2,1-2H3,(H,18,19)(H,20,21)/t9-,10-,11+,12+,13-,14-,15+/m1/s1. The number of fused-ring (bicyclic) bond motifs is 2. The van der Waals surface area contributed by atoms with E-state index in [4.69, 9.17) is 0 Å².